The summed E-state index contributed by atoms with van der Waals surface area (Å²) >= 11 is 0. The topological polar surface area (TPSA) is 66.6 Å². The number of piperazine rings is 1. The van der Waals surface area contributed by atoms with Gasteiger partial charge in [0.25, 0.3) is 5.91 Å². The van der Waals surface area contributed by atoms with E-state index in [-0.39, 0.29) is 17.9 Å². The van der Waals surface area contributed by atoms with Gasteiger partial charge in [0.2, 0.25) is 5.91 Å². The highest BCUT2D eigenvalue weighted by atomic mass is 19.1. The van der Waals surface area contributed by atoms with Gasteiger partial charge >= 0.3 is 0 Å². The Balaban J connectivity index is 1.98. The normalized spacial score (nSPS) is 15.2. The van der Waals surface area contributed by atoms with Crippen LogP contribution in [0.4, 0.5) is 8.78 Å². The van der Waals surface area contributed by atoms with Crippen LogP contribution >= 0.6 is 0 Å². The average molecular weight is 297 g/mol. The molecule has 0 aromatic heterocycles. The van der Waals surface area contributed by atoms with Crippen molar-refractivity contribution in [1.29, 1.82) is 0 Å². The third-order valence-electron chi connectivity index (χ3n) is 3.44. The molecule has 5 nitrogen and oxygen atoms in total. The standard InChI is InChI=1S/C14H17F2N3O2/c15-10-1-2-11(12(16)9-10)14(21)19-7-5-18(6-8-19)13(20)3-4-17/h1-2,9H,3-8,17H2. The second kappa shape index (κ2) is 6.62. The number of rotatable bonds is 3. The summed E-state index contributed by atoms with van der Waals surface area (Å²) in [5.74, 6) is -2.13. The molecule has 0 bridgehead atoms. The Morgan fingerprint density at radius 1 is 1.10 bits per heavy atom. The van der Waals surface area contributed by atoms with Gasteiger partial charge in [0.1, 0.15) is 11.6 Å². The SMILES string of the molecule is NCCC(=O)N1CCN(C(=O)c2ccc(F)cc2F)CC1. The molecule has 2 amide bonds. The van der Waals surface area contributed by atoms with Gasteiger partial charge in [0.05, 0.1) is 5.56 Å². The van der Waals surface area contributed by atoms with Gasteiger partial charge in [0, 0.05) is 45.2 Å². The van der Waals surface area contributed by atoms with Crippen molar-refractivity contribution in [3.05, 3.63) is 35.4 Å². The van der Waals surface area contributed by atoms with Crippen LogP contribution in [0.2, 0.25) is 0 Å². The lowest BCUT2D eigenvalue weighted by atomic mass is 10.1. The van der Waals surface area contributed by atoms with E-state index in [1.807, 2.05) is 0 Å². The van der Waals surface area contributed by atoms with E-state index in [1.54, 1.807) is 4.90 Å². The third kappa shape index (κ3) is 3.55. The Morgan fingerprint density at radius 3 is 2.29 bits per heavy atom. The number of amides is 2. The van der Waals surface area contributed by atoms with Gasteiger partial charge in [0.15, 0.2) is 0 Å². The summed E-state index contributed by atoms with van der Waals surface area (Å²) < 4.78 is 26.4. The Kier molecular flexibility index (Phi) is 4.85. The van der Waals surface area contributed by atoms with Crippen molar-refractivity contribution in [2.45, 2.75) is 6.42 Å². The number of carbonyl (C=O) groups is 2. The molecule has 2 N–H and O–H groups in total. The number of hydrogen-bond acceptors (Lipinski definition) is 3. The molecule has 1 fully saturated rings. The number of hydrogen-bond donors (Lipinski definition) is 1. The number of halogens is 2. The fourth-order valence-corrected chi connectivity index (χ4v) is 2.27. The highest BCUT2D eigenvalue weighted by molar-refractivity contribution is 5.94. The minimum Gasteiger partial charge on any atom is -0.339 e. The Morgan fingerprint density at radius 2 is 1.71 bits per heavy atom. The Bertz CT molecular complexity index is 543. The molecule has 1 aromatic carbocycles. The quantitative estimate of drug-likeness (QED) is 0.888. The molecule has 1 aliphatic rings. The molecule has 1 aliphatic heterocycles. The summed E-state index contributed by atoms with van der Waals surface area (Å²) in [5, 5.41) is 0. The highest BCUT2D eigenvalue weighted by Gasteiger charge is 2.25. The van der Waals surface area contributed by atoms with Gasteiger partial charge in [-0.15, -0.1) is 0 Å². The van der Waals surface area contributed by atoms with Gasteiger partial charge in [-0.05, 0) is 12.1 Å². The second-order valence-electron chi connectivity index (χ2n) is 4.84. The summed E-state index contributed by atoms with van der Waals surface area (Å²) in [5.41, 5.74) is 5.18. The number of nitrogens with two attached hydrogens (primary N) is 1. The summed E-state index contributed by atoms with van der Waals surface area (Å²) in [7, 11) is 0. The molecule has 0 radical (unpaired) electrons. The lowest BCUT2D eigenvalue weighted by molar-refractivity contribution is -0.132. The first kappa shape index (κ1) is 15.4. The maximum Gasteiger partial charge on any atom is 0.256 e. The van der Waals surface area contributed by atoms with E-state index in [4.69, 9.17) is 5.73 Å². The van der Waals surface area contributed by atoms with Crippen LogP contribution in [0.1, 0.15) is 16.8 Å². The maximum absolute atomic E-state index is 13.6. The lowest BCUT2D eigenvalue weighted by Crippen LogP contribution is -2.51. The predicted molar refractivity (Wildman–Crippen MR) is 72.5 cm³/mol. The largest absolute Gasteiger partial charge is 0.339 e. The molecular weight excluding hydrogens is 280 g/mol. The van der Waals surface area contributed by atoms with E-state index in [9.17, 15) is 18.4 Å². The minimum absolute atomic E-state index is 0.0439. The zero-order chi connectivity index (χ0) is 15.4. The summed E-state index contributed by atoms with van der Waals surface area (Å²) in [6, 6.07) is 2.88. The Hall–Kier alpha value is -2.02. The molecular formula is C14H17F2N3O2. The number of benzene rings is 1. The van der Waals surface area contributed by atoms with Crippen LogP contribution in [-0.4, -0.2) is 54.3 Å². The van der Waals surface area contributed by atoms with Crippen LogP contribution in [0.25, 0.3) is 0 Å². The van der Waals surface area contributed by atoms with Crippen molar-refractivity contribution < 1.29 is 18.4 Å². The fraction of sp³-hybridized carbons (Fsp3) is 0.429. The van der Waals surface area contributed by atoms with Crippen molar-refractivity contribution in [3.8, 4) is 0 Å². The van der Waals surface area contributed by atoms with Crippen molar-refractivity contribution in [2.24, 2.45) is 5.73 Å². The second-order valence-corrected chi connectivity index (χ2v) is 4.84. The molecule has 1 saturated heterocycles. The fourth-order valence-electron chi connectivity index (χ4n) is 2.27. The molecule has 0 unspecified atom stereocenters. The molecule has 1 aromatic rings. The smallest absolute Gasteiger partial charge is 0.256 e. The van der Waals surface area contributed by atoms with Crippen LogP contribution in [0.15, 0.2) is 18.2 Å². The molecule has 7 heteroatoms. The first-order valence-corrected chi connectivity index (χ1v) is 6.75. The van der Waals surface area contributed by atoms with Crippen LogP contribution in [0.5, 0.6) is 0 Å². The monoisotopic (exact) mass is 297 g/mol. The van der Waals surface area contributed by atoms with E-state index >= 15 is 0 Å². The Labute approximate surface area is 121 Å². The number of carbonyl (C=O) groups excluding carboxylic acids is 2. The van der Waals surface area contributed by atoms with Crippen molar-refractivity contribution in [1.82, 2.24) is 9.80 Å². The molecule has 1 heterocycles. The van der Waals surface area contributed by atoms with Gasteiger partial charge in [-0.3, -0.25) is 9.59 Å². The minimum atomic E-state index is -0.873. The molecule has 21 heavy (non-hydrogen) atoms. The molecule has 0 aliphatic carbocycles. The summed E-state index contributed by atoms with van der Waals surface area (Å²) in [4.78, 5) is 26.9. The summed E-state index contributed by atoms with van der Waals surface area (Å²) in [6.45, 7) is 1.73. The zero-order valence-corrected chi connectivity index (χ0v) is 11.5. The van der Waals surface area contributed by atoms with Gasteiger partial charge in [-0.1, -0.05) is 0 Å². The molecule has 0 atom stereocenters. The van der Waals surface area contributed by atoms with E-state index in [0.29, 0.717) is 38.8 Å². The van der Waals surface area contributed by atoms with E-state index < -0.39 is 17.5 Å². The van der Waals surface area contributed by atoms with Gasteiger partial charge in [-0.2, -0.15) is 0 Å². The van der Waals surface area contributed by atoms with Crippen LogP contribution in [0, 0.1) is 11.6 Å². The van der Waals surface area contributed by atoms with Crippen LogP contribution < -0.4 is 5.73 Å². The lowest BCUT2D eigenvalue weighted by Gasteiger charge is -2.34. The number of nitrogens with zero attached hydrogens (tertiary/aromatic N) is 2. The van der Waals surface area contributed by atoms with Crippen LogP contribution in [0.3, 0.4) is 0 Å². The zero-order valence-electron chi connectivity index (χ0n) is 11.5. The van der Waals surface area contributed by atoms with Gasteiger partial charge < -0.3 is 15.5 Å². The van der Waals surface area contributed by atoms with E-state index in [1.165, 1.54) is 4.90 Å². The average Bonchev–Trinajstić information content (AvgIpc) is 2.47. The van der Waals surface area contributed by atoms with Gasteiger partial charge in [-0.25, -0.2) is 8.78 Å². The van der Waals surface area contributed by atoms with Crippen LogP contribution in [-0.2, 0) is 4.79 Å². The highest BCUT2D eigenvalue weighted by Crippen LogP contribution is 2.14. The molecule has 2 rings (SSSR count). The molecule has 114 valence electrons. The summed E-state index contributed by atoms with van der Waals surface area (Å²) in [6.07, 6.45) is 0.278. The maximum atomic E-state index is 13.6. The first-order valence-electron chi connectivity index (χ1n) is 6.75. The third-order valence-corrected chi connectivity index (χ3v) is 3.44. The molecule has 0 spiro atoms. The van der Waals surface area contributed by atoms with Crippen molar-refractivity contribution >= 4 is 11.8 Å². The predicted octanol–water partition coefficient (Wildman–Crippen LogP) is 0.598. The van der Waals surface area contributed by atoms with E-state index in [0.717, 1.165) is 12.1 Å². The van der Waals surface area contributed by atoms with E-state index in [2.05, 4.69) is 0 Å². The molecule has 0 saturated carbocycles. The van der Waals surface area contributed by atoms with Crippen molar-refractivity contribution in [2.75, 3.05) is 32.7 Å². The van der Waals surface area contributed by atoms with Crippen molar-refractivity contribution in [3.63, 3.8) is 0 Å². The first-order chi connectivity index (χ1) is 10.0.